The highest BCUT2D eigenvalue weighted by Crippen LogP contribution is 2.48. The van der Waals surface area contributed by atoms with Crippen LogP contribution >= 0.6 is 11.3 Å². The molecule has 0 N–H and O–H groups in total. The van der Waals surface area contributed by atoms with E-state index in [4.69, 9.17) is 0 Å². The minimum absolute atomic E-state index is 0.203. The van der Waals surface area contributed by atoms with Crippen LogP contribution in [0.25, 0.3) is 0 Å². The molecule has 1 aliphatic carbocycles. The van der Waals surface area contributed by atoms with E-state index in [9.17, 15) is 4.79 Å². The molecule has 0 spiro atoms. The number of aromatic nitrogens is 1. The van der Waals surface area contributed by atoms with Gasteiger partial charge < -0.3 is 4.90 Å². The molecule has 1 amide bonds. The molecule has 120 valence electrons. The molecule has 4 heteroatoms. The summed E-state index contributed by atoms with van der Waals surface area (Å²) in [7, 11) is 0. The van der Waals surface area contributed by atoms with Gasteiger partial charge in [-0.1, -0.05) is 30.3 Å². The fraction of sp³-hybridized carbons (Fsp3) is 0.474. The molecular formula is C19H22N2OS. The van der Waals surface area contributed by atoms with Crippen molar-refractivity contribution in [3.63, 3.8) is 0 Å². The van der Waals surface area contributed by atoms with E-state index in [0.717, 1.165) is 38.0 Å². The normalized spacial score (nSPS) is 27.0. The summed E-state index contributed by atoms with van der Waals surface area (Å²) in [5.41, 5.74) is 2.41. The first-order valence-electron chi connectivity index (χ1n) is 8.48. The molecule has 1 saturated carbocycles. The molecule has 23 heavy (non-hydrogen) atoms. The Morgan fingerprint density at radius 2 is 2.13 bits per heavy atom. The van der Waals surface area contributed by atoms with Crippen molar-refractivity contribution in [1.82, 2.24) is 9.88 Å². The molecule has 3 nitrogen and oxygen atoms in total. The van der Waals surface area contributed by atoms with Gasteiger partial charge in [-0.2, -0.15) is 0 Å². The van der Waals surface area contributed by atoms with Crippen molar-refractivity contribution in [3.05, 3.63) is 52.0 Å². The van der Waals surface area contributed by atoms with Gasteiger partial charge in [-0.05, 0) is 37.7 Å². The zero-order valence-corrected chi connectivity index (χ0v) is 14.3. The summed E-state index contributed by atoms with van der Waals surface area (Å²) in [6.07, 6.45) is 3.27. The van der Waals surface area contributed by atoms with Crippen LogP contribution in [0, 0.1) is 12.8 Å². The number of piperidine rings is 1. The topological polar surface area (TPSA) is 33.2 Å². The number of benzene rings is 1. The molecule has 1 saturated heterocycles. The molecule has 1 aromatic carbocycles. The summed E-state index contributed by atoms with van der Waals surface area (Å²) >= 11 is 1.74. The van der Waals surface area contributed by atoms with Gasteiger partial charge in [-0.15, -0.1) is 11.3 Å². The standard InChI is InChI=1S/C19H22N2OS/c1-13-12-23-18(20-13)15-8-5-9-21(11-15)19(22)17-10-16(17)14-6-3-2-4-7-14/h2-4,6-7,12,15-17H,5,8-11H2,1H3/t15-,16-,17+/m1/s1. The average Bonchev–Trinajstić information content (AvgIpc) is 3.29. The predicted molar refractivity (Wildman–Crippen MR) is 92.7 cm³/mol. The molecule has 2 aliphatic rings. The minimum atomic E-state index is 0.203. The van der Waals surface area contributed by atoms with Crippen molar-refractivity contribution >= 4 is 17.2 Å². The summed E-state index contributed by atoms with van der Waals surface area (Å²) in [6, 6.07) is 10.5. The lowest BCUT2D eigenvalue weighted by atomic mass is 9.98. The number of thiazole rings is 1. The van der Waals surface area contributed by atoms with Crippen molar-refractivity contribution < 1.29 is 4.79 Å². The number of hydrogen-bond acceptors (Lipinski definition) is 3. The molecule has 1 aromatic heterocycles. The Balaban J connectivity index is 1.41. The van der Waals surface area contributed by atoms with Gasteiger partial charge in [0, 0.05) is 36.0 Å². The van der Waals surface area contributed by atoms with Gasteiger partial charge in [-0.3, -0.25) is 4.79 Å². The highest BCUT2D eigenvalue weighted by molar-refractivity contribution is 7.09. The Labute approximate surface area is 141 Å². The van der Waals surface area contributed by atoms with E-state index < -0.39 is 0 Å². The number of carbonyl (C=O) groups excluding carboxylic acids is 1. The first-order valence-corrected chi connectivity index (χ1v) is 9.36. The van der Waals surface area contributed by atoms with Crippen molar-refractivity contribution in [3.8, 4) is 0 Å². The molecule has 2 aromatic rings. The number of hydrogen-bond donors (Lipinski definition) is 0. The average molecular weight is 326 g/mol. The highest BCUT2D eigenvalue weighted by atomic mass is 32.1. The molecule has 3 atom stereocenters. The van der Waals surface area contributed by atoms with Gasteiger partial charge in [0.05, 0.1) is 5.01 Å². The number of amides is 1. The van der Waals surface area contributed by atoms with E-state index in [-0.39, 0.29) is 5.92 Å². The molecule has 0 radical (unpaired) electrons. The maximum atomic E-state index is 12.8. The van der Waals surface area contributed by atoms with E-state index in [1.54, 1.807) is 11.3 Å². The summed E-state index contributed by atoms with van der Waals surface area (Å²) in [5.74, 6) is 1.43. The van der Waals surface area contributed by atoms with Crippen LogP contribution in [0.1, 0.15) is 47.4 Å². The second-order valence-electron chi connectivity index (χ2n) is 6.81. The fourth-order valence-corrected chi connectivity index (χ4v) is 4.64. The van der Waals surface area contributed by atoms with Gasteiger partial charge in [-0.25, -0.2) is 4.98 Å². The van der Waals surface area contributed by atoms with Crippen LogP contribution in [0.15, 0.2) is 35.7 Å². The maximum absolute atomic E-state index is 12.8. The Hall–Kier alpha value is -1.68. The predicted octanol–water partition coefficient (Wildman–Crippen LogP) is 3.96. The molecule has 2 fully saturated rings. The number of rotatable bonds is 3. The van der Waals surface area contributed by atoms with Gasteiger partial charge in [0.15, 0.2) is 0 Å². The van der Waals surface area contributed by atoms with Crippen LogP contribution in [0.5, 0.6) is 0 Å². The summed E-state index contributed by atoms with van der Waals surface area (Å²) < 4.78 is 0. The number of aryl methyl sites for hydroxylation is 1. The third-order valence-electron chi connectivity index (χ3n) is 5.05. The monoisotopic (exact) mass is 326 g/mol. The van der Waals surface area contributed by atoms with Gasteiger partial charge >= 0.3 is 0 Å². The first-order chi connectivity index (χ1) is 11.2. The summed E-state index contributed by atoms with van der Waals surface area (Å²) in [4.78, 5) is 19.6. The van der Waals surface area contributed by atoms with E-state index in [1.165, 1.54) is 10.6 Å². The third kappa shape index (κ3) is 3.05. The van der Waals surface area contributed by atoms with Crippen LogP contribution in [-0.2, 0) is 4.79 Å². The quantitative estimate of drug-likeness (QED) is 0.855. The number of carbonyl (C=O) groups is 1. The van der Waals surface area contributed by atoms with Crippen LogP contribution in [0.4, 0.5) is 0 Å². The fourth-order valence-electron chi connectivity index (χ4n) is 3.71. The van der Waals surface area contributed by atoms with Crippen molar-refractivity contribution in [1.29, 1.82) is 0 Å². The van der Waals surface area contributed by atoms with Crippen molar-refractivity contribution in [2.75, 3.05) is 13.1 Å². The van der Waals surface area contributed by atoms with Gasteiger partial charge in [0.25, 0.3) is 0 Å². The Kier molecular flexibility index (Phi) is 3.93. The van der Waals surface area contributed by atoms with Crippen LogP contribution in [-0.4, -0.2) is 28.9 Å². The lowest BCUT2D eigenvalue weighted by Gasteiger charge is -2.32. The Morgan fingerprint density at radius 3 is 2.87 bits per heavy atom. The first kappa shape index (κ1) is 14.9. The zero-order valence-electron chi connectivity index (χ0n) is 13.4. The number of nitrogens with zero attached hydrogens (tertiary/aromatic N) is 2. The molecule has 0 unspecified atom stereocenters. The van der Waals surface area contributed by atoms with Gasteiger partial charge in [0.2, 0.25) is 5.91 Å². The summed E-state index contributed by atoms with van der Waals surface area (Å²) in [6.45, 7) is 3.81. The second-order valence-corrected chi connectivity index (χ2v) is 7.70. The van der Waals surface area contributed by atoms with Crippen LogP contribution < -0.4 is 0 Å². The third-order valence-corrected chi connectivity index (χ3v) is 6.18. The Bertz CT molecular complexity index is 696. The van der Waals surface area contributed by atoms with E-state index in [1.807, 2.05) is 13.0 Å². The molecule has 2 heterocycles. The zero-order chi connectivity index (χ0) is 15.8. The van der Waals surface area contributed by atoms with Crippen LogP contribution in [0.2, 0.25) is 0 Å². The van der Waals surface area contributed by atoms with Crippen molar-refractivity contribution in [2.24, 2.45) is 5.92 Å². The minimum Gasteiger partial charge on any atom is -0.342 e. The molecule has 1 aliphatic heterocycles. The lowest BCUT2D eigenvalue weighted by Crippen LogP contribution is -2.40. The smallest absolute Gasteiger partial charge is 0.226 e. The second kappa shape index (κ2) is 6.08. The van der Waals surface area contributed by atoms with E-state index in [2.05, 4.69) is 39.5 Å². The number of likely N-dealkylation sites (tertiary alicyclic amines) is 1. The van der Waals surface area contributed by atoms with E-state index >= 15 is 0 Å². The summed E-state index contributed by atoms with van der Waals surface area (Å²) in [5, 5.41) is 3.32. The highest BCUT2D eigenvalue weighted by Gasteiger charge is 2.46. The SMILES string of the molecule is Cc1csc([C@@H]2CCCN(C(=O)[C@H]3C[C@@H]3c3ccccc3)C2)n1. The largest absolute Gasteiger partial charge is 0.342 e. The van der Waals surface area contributed by atoms with Gasteiger partial charge in [0.1, 0.15) is 0 Å². The van der Waals surface area contributed by atoms with Crippen LogP contribution in [0.3, 0.4) is 0 Å². The molecule has 0 bridgehead atoms. The Morgan fingerprint density at radius 1 is 1.30 bits per heavy atom. The lowest BCUT2D eigenvalue weighted by molar-refractivity contribution is -0.133. The van der Waals surface area contributed by atoms with E-state index in [0.29, 0.717) is 17.7 Å². The molecule has 4 rings (SSSR count). The van der Waals surface area contributed by atoms with Crippen molar-refractivity contribution in [2.45, 2.75) is 38.0 Å². The molecular weight excluding hydrogens is 304 g/mol. The maximum Gasteiger partial charge on any atom is 0.226 e.